The molecule has 26 heavy (non-hydrogen) atoms. The summed E-state index contributed by atoms with van der Waals surface area (Å²) in [6.07, 6.45) is 6.85. The van der Waals surface area contributed by atoms with Gasteiger partial charge in [0.25, 0.3) is 0 Å². The summed E-state index contributed by atoms with van der Waals surface area (Å²) in [7, 11) is 1.63. The van der Waals surface area contributed by atoms with Crippen molar-refractivity contribution < 1.29 is 9.47 Å². The molecular weight excluding hydrogens is 443 g/mol. The van der Waals surface area contributed by atoms with E-state index in [0.717, 1.165) is 29.8 Å². The molecule has 0 saturated heterocycles. The predicted octanol–water partition coefficient (Wildman–Crippen LogP) is 3.96. The SMILES string of the molecule is COc1cccc(NC(N)=NCc2ccc(OC3CCCC3)nc2)c1.I. The molecule has 3 rings (SSSR count). The van der Waals surface area contributed by atoms with E-state index in [1.807, 2.05) is 36.4 Å². The van der Waals surface area contributed by atoms with Crippen LogP contribution in [0.25, 0.3) is 0 Å². The second kappa shape index (κ2) is 10.2. The molecule has 0 amide bonds. The van der Waals surface area contributed by atoms with Gasteiger partial charge in [-0.3, -0.25) is 0 Å². The van der Waals surface area contributed by atoms with Crippen LogP contribution in [0.15, 0.2) is 47.6 Å². The zero-order valence-corrected chi connectivity index (χ0v) is 17.2. The third kappa shape index (κ3) is 6.05. The number of nitrogens with zero attached hydrogens (tertiary/aromatic N) is 2. The van der Waals surface area contributed by atoms with E-state index >= 15 is 0 Å². The van der Waals surface area contributed by atoms with E-state index in [1.165, 1.54) is 12.8 Å². The molecule has 1 aromatic heterocycles. The molecule has 3 N–H and O–H groups in total. The van der Waals surface area contributed by atoms with Crippen molar-refractivity contribution in [2.45, 2.75) is 38.3 Å². The number of pyridine rings is 1. The lowest BCUT2D eigenvalue weighted by atomic mass is 10.3. The lowest BCUT2D eigenvalue weighted by molar-refractivity contribution is 0.201. The molecule has 1 saturated carbocycles. The van der Waals surface area contributed by atoms with Crippen LogP contribution >= 0.6 is 24.0 Å². The van der Waals surface area contributed by atoms with Crippen LogP contribution in [0.1, 0.15) is 31.2 Å². The Morgan fingerprint density at radius 3 is 2.77 bits per heavy atom. The Morgan fingerprint density at radius 1 is 1.27 bits per heavy atom. The second-order valence-corrected chi connectivity index (χ2v) is 6.09. The van der Waals surface area contributed by atoms with E-state index in [0.29, 0.717) is 24.5 Å². The van der Waals surface area contributed by atoms with Gasteiger partial charge in [-0.25, -0.2) is 9.98 Å². The second-order valence-electron chi connectivity index (χ2n) is 6.09. The van der Waals surface area contributed by atoms with Gasteiger partial charge in [0.15, 0.2) is 5.96 Å². The maximum absolute atomic E-state index is 5.94. The summed E-state index contributed by atoms with van der Waals surface area (Å²) in [5, 5.41) is 3.05. The fourth-order valence-corrected chi connectivity index (χ4v) is 2.82. The lowest BCUT2D eigenvalue weighted by Crippen LogP contribution is -2.22. The van der Waals surface area contributed by atoms with Crippen LogP contribution in [0.4, 0.5) is 5.69 Å². The Bertz CT molecular complexity index is 716. The largest absolute Gasteiger partial charge is 0.497 e. The minimum Gasteiger partial charge on any atom is -0.497 e. The standard InChI is InChI=1S/C19H24N4O2.HI/c1-24-17-8-4-5-15(11-17)23-19(20)22-13-14-9-10-18(21-12-14)25-16-6-2-3-7-16;/h4-5,8-12,16H,2-3,6-7,13H2,1H3,(H3,20,22,23);1H. The summed E-state index contributed by atoms with van der Waals surface area (Å²) in [5.41, 5.74) is 7.75. The van der Waals surface area contributed by atoms with Gasteiger partial charge >= 0.3 is 0 Å². The average Bonchev–Trinajstić information content (AvgIpc) is 3.14. The highest BCUT2D eigenvalue weighted by molar-refractivity contribution is 14.0. The summed E-state index contributed by atoms with van der Waals surface area (Å²) in [6, 6.07) is 11.4. The highest BCUT2D eigenvalue weighted by Gasteiger charge is 2.16. The Balaban J connectivity index is 0.00000243. The highest BCUT2D eigenvalue weighted by atomic mass is 127. The van der Waals surface area contributed by atoms with Crippen LogP contribution in [0.2, 0.25) is 0 Å². The fourth-order valence-electron chi connectivity index (χ4n) is 2.82. The van der Waals surface area contributed by atoms with Crippen molar-refractivity contribution >= 4 is 35.6 Å². The van der Waals surface area contributed by atoms with Gasteiger partial charge in [0, 0.05) is 24.0 Å². The number of aliphatic imine (C=N–C) groups is 1. The quantitative estimate of drug-likeness (QED) is 0.381. The van der Waals surface area contributed by atoms with Crippen LogP contribution < -0.4 is 20.5 Å². The van der Waals surface area contributed by atoms with Crippen LogP contribution in [-0.2, 0) is 6.54 Å². The molecule has 6 nitrogen and oxygen atoms in total. The topological polar surface area (TPSA) is 81.8 Å². The first-order chi connectivity index (χ1) is 12.2. The highest BCUT2D eigenvalue weighted by Crippen LogP contribution is 2.23. The number of nitrogens with two attached hydrogens (primary N) is 1. The zero-order chi connectivity index (χ0) is 17.5. The third-order valence-corrected chi connectivity index (χ3v) is 4.16. The number of nitrogens with one attached hydrogen (secondary N) is 1. The van der Waals surface area contributed by atoms with Crippen LogP contribution in [0.5, 0.6) is 11.6 Å². The molecule has 1 fully saturated rings. The maximum atomic E-state index is 5.94. The minimum absolute atomic E-state index is 0. The van der Waals surface area contributed by atoms with Crippen LogP contribution in [0.3, 0.4) is 0 Å². The van der Waals surface area contributed by atoms with Gasteiger partial charge in [0.2, 0.25) is 5.88 Å². The molecule has 0 radical (unpaired) electrons. The van der Waals surface area contributed by atoms with Gasteiger partial charge in [-0.2, -0.15) is 0 Å². The van der Waals surface area contributed by atoms with Gasteiger partial charge in [-0.1, -0.05) is 12.1 Å². The van der Waals surface area contributed by atoms with Crippen molar-refractivity contribution in [3.05, 3.63) is 48.2 Å². The monoisotopic (exact) mass is 468 g/mol. The predicted molar refractivity (Wildman–Crippen MR) is 114 cm³/mol. The average molecular weight is 468 g/mol. The number of ether oxygens (including phenoxy) is 2. The number of aromatic nitrogens is 1. The van der Waals surface area contributed by atoms with E-state index in [-0.39, 0.29) is 24.0 Å². The van der Waals surface area contributed by atoms with E-state index in [4.69, 9.17) is 15.2 Å². The summed E-state index contributed by atoms with van der Waals surface area (Å²) in [6.45, 7) is 0.458. The normalized spacial score (nSPS) is 14.6. The van der Waals surface area contributed by atoms with Gasteiger partial charge in [0.1, 0.15) is 11.9 Å². The summed E-state index contributed by atoms with van der Waals surface area (Å²) in [5.74, 6) is 1.79. The van der Waals surface area contributed by atoms with Crippen molar-refractivity contribution in [3.8, 4) is 11.6 Å². The zero-order valence-electron chi connectivity index (χ0n) is 14.9. The van der Waals surface area contributed by atoms with E-state index in [9.17, 15) is 0 Å². The van der Waals surface area contributed by atoms with Crippen LogP contribution in [-0.4, -0.2) is 24.2 Å². The number of anilines is 1. The molecule has 0 unspecified atom stereocenters. The molecule has 7 heteroatoms. The molecular formula is C19H25IN4O2. The van der Waals surface area contributed by atoms with E-state index in [2.05, 4.69) is 15.3 Å². The number of hydrogen-bond donors (Lipinski definition) is 2. The smallest absolute Gasteiger partial charge is 0.213 e. The molecule has 1 aromatic carbocycles. The minimum atomic E-state index is 0. The van der Waals surface area contributed by atoms with E-state index < -0.39 is 0 Å². The molecule has 0 atom stereocenters. The third-order valence-electron chi connectivity index (χ3n) is 4.16. The van der Waals surface area contributed by atoms with Crippen molar-refractivity contribution in [1.29, 1.82) is 0 Å². The first kappa shape index (κ1) is 20.3. The molecule has 2 aromatic rings. The number of rotatable bonds is 6. The molecule has 1 heterocycles. The van der Waals surface area contributed by atoms with Gasteiger partial charge < -0.3 is 20.5 Å². The van der Waals surface area contributed by atoms with Gasteiger partial charge in [-0.05, 0) is 43.4 Å². The Kier molecular flexibility index (Phi) is 7.96. The number of guanidine groups is 1. The molecule has 0 spiro atoms. The summed E-state index contributed by atoms with van der Waals surface area (Å²) >= 11 is 0. The maximum Gasteiger partial charge on any atom is 0.213 e. The molecule has 0 aliphatic heterocycles. The van der Waals surface area contributed by atoms with Gasteiger partial charge in [0.05, 0.1) is 13.7 Å². The Morgan fingerprint density at radius 2 is 2.08 bits per heavy atom. The molecule has 1 aliphatic carbocycles. The molecule has 1 aliphatic rings. The van der Waals surface area contributed by atoms with Crippen molar-refractivity contribution in [2.75, 3.05) is 12.4 Å². The lowest BCUT2D eigenvalue weighted by Gasteiger charge is -2.11. The Hall–Kier alpha value is -2.03. The summed E-state index contributed by atoms with van der Waals surface area (Å²) < 4.78 is 11.0. The number of benzene rings is 1. The van der Waals surface area contributed by atoms with E-state index in [1.54, 1.807) is 13.3 Å². The number of methoxy groups -OCH3 is 1. The summed E-state index contributed by atoms with van der Waals surface area (Å²) in [4.78, 5) is 8.70. The fraction of sp³-hybridized carbons (Fsp3) is 0.368. The van der Waals surface area contributed by atoms with Crippen molar-refractivity contribution in [3.63, 3.8) is 0 Å². The van der Waals surface area contributed by atoms with Crippen molar-refractivity contribution in [1.82, 2.24) is 4.98 Å². The molecule has 140 valence electrons. The Labute approximate surface area is 171 Å². The molecule has 0 bridgehead atoms. The van der Waals surface area contributed by atoms with Gasteiger partial charge in [-0.15, -0.1) is 24.0 Å². The first-order valence-corrected chi connectivity index (χ1v) is 8.55. The van der Waals surface area contributed by atoms with Crippen LogP contribution in [0, 0.1) is 0 Å². The number of halogens is 1. The van der Waals surface area contributed by atoms with Crippen molar-refractivity contribution in [2.24, 2.45) is 10.7 Å². The first-order valence-electron chi connectivity index (χ1n) is 8.55. The number of hydrogen-bond acceptors (Lipinski definition) is 4.